The molecule has 5 heteroatoms. The van der Waals surface area contributed by atoms with Crippen molar-refractivity contribution in [1.29, 1.82) is 0 Å². The predicted molar refractivity (Wildman–Crippen MR) is 74.1 cm³/mol. The maximum atomic E-state index is 11.5. The average Bonchev–Trinajstić information content (AvgIpc) is 2.29. The van der Waals surface area contributed by atoms with Crippen LogP contribution in [0.15, 0.2) is 23.1 Å². The molecule has 1 heterocycles. The number of aromatic amines is 1. The van der Waals surface area contributed by atoms with Crippen molar-refractivity contribution in [2.75, 3.05) is 0 Å². The summed E-state index contributed by atoms with van der Waals surface area (Å²) < 4.78 is 0.554. The van der Waals surface area contributed by atoms with E-state index in [9.17, 15) is 9.90 Å². The maximum absolute atomic E-state index is 11.5. The van der Waals surface area contributed by atoms with Crippen molar-refractivity contribution in [3.8, 4) is 17.1 Å². The monoisotopic (exact) mass is 342 g/mol. The van der Waals surface area contributed by atoms with E-state index in [-0.39, 0.29) is 11.3 Å². The summed E-state index contributed by atoms with van der Waals surface area (Å²) in [5, 5.41) is 9.68. The molecule has 0 spiro atoms. The lowest BCUT2D eigenvalue weighted by atomic mass is 10.1. The Labute approximate surface area is 112 Å². The molecule has 0 aliphatic heterocycles. The van der Waals surface area contributed by atoms with Crippen molar-refractivity contribution in [2.24, 2.45) is 0 Å². The number of hydrogen-bond acceptors (Lipinski definition) is 3. The lowest BCUT2D eigenvalue weighted by Gasteiger charge is -2.07. The van der Waals surface area contributed by atoms with Gasteiger partial charge in [-0.25, -0.2) is 4.98 Å². The number of benzene rings is 1. The zero-order valence-corrected chi connectivity index (χ0v) is 11.6. The van der Waals surface area contributed by atoms with Crippen LogP contribution < -0.4 is 5.56 Å². The van der Waals surface area contributed by atoms with Crippen molar-refractivity contribution in [2.45, 2.75) is 13.8 Å². The number of aromatic hydroxyl groups is 1. The number of aryl methyl sites for hydroxylation is 2. The Bertz CT molecular complexity index is 612. The van der Waals surface area contributed by atoms with E-state index in [4.69, 9.17) is 0 Å². The smallest absolute Gasteiger partial charge is 0.264 e. The highest BCUT2D eigenvalue weighted by Gasteiger charge is 2.07. The average molecular weight is 342 g/mol. The van der Waals surface area contributed by atoms with Crippen LogP contribution in [0.5, 0.6) is 5.75 Å². The van der Waals surface area contributed by atoms with Gasteiger partial charge >= 0.3 is 0 Å². The van der Waals surface area contributed by atoms with Crippen molar-refractivity contribution in [3.63, 3.8) is 0 Å². The van der Waals surface area contributed by atoms with Crippen molar-refractivity contribution in [3.05, 3.63) is 43.4 Å². The second-order valence-electron chi connectivity index (χ2n) is 3.87. The molecule has 0 aliphatic rings. The summed E-state index contributed by atoms with van der Waals surface area (Å²) in [4.78, 5) is 18.4. The third-order valence-electron chi connectivity index (χ3n) is 2.52. The van der Waals surface area contributed by atoms with Gasteiger partial charge in [0.2, 0.25) is 0 Å². The second-order valence-corrected chi connectivity index (χ2v) is 5.03. The zero-order chi connectivity index (χ0) is 12.6. The highest BCUT2D eigenvalue weighted by Crippen LogP contribution is 2.26. The van der Waals surface area contributed by atoms with Crippen molar-refractivity contribution in [1.82, 2.24) is 9.97 Å². The minimum absolute atomic E-state index is 0.154. The molecule has 0 saturated heterocycles. The molecular weight excluding hydrogens is 331 g/mol. The predicted octanol–water partition coefficient (Wildman–Crippen LogP) is 2.36. The topological polar surface area (TPSA) is 66.0 Å². The summed E-state index contributed by atoms with van der Waals surface area (Å²) in [6.07, 6.45) is 1.53. The number of phenols is 1. The first-order chi connectivity index (χ1) is 7.99. The maximum Gasteiger partial charge on any atom is 0.264 e. The standard InChI is InChI=1S/C12H11IN2O2/c1-6-3-8(4-7(2)10(6)16)11-14-5-9(13)12(17)15-11/h3-5,16H,1-2H3,(H,14,15,17). The van der Waals surface area contributed by atoms with Gasteiger partial charge < -0.3 is 10.1 Å². The fourth-order valence-corrected chi connectivity index (χ4v) is 1.89. The Balaban J connectivity index is 2.61. The van der Waals surface area contributed by atoms with Gasteiger partial charge in [-0.05, 0) is 59.7 Å². The van der Waals surface area contributed by atoms with Gasteiger partial charge in [-0.15, -0.1) is 0 Å². The molecule has 88 valence electrons. The van der Waals surface area contributed by atoms with Gasteiger partial charge in [0.1, 0.15) is 11.6 Å². The van der Waals surface area contributed by atoms with E-state index in [1.807, 2.05) is 36.4 Å². The number of aromatic nitrogens is 2. The molecule has 1 aromatic heterocycles. The lowest BCUT2D eigenvalue weighted by molar-refractivity contribution is 0.467. The van der Waals surface area contributed by atoms with Crippen LogP contribution in [-0.2, 0) is 0 Å². The minimum atomic E-state index is -0.154. The Morgan fingerprint density at radius 1 is 1.29 bits per heavy atom. The van der Waals surface area contributed by atoms with Crippen LogP contribution in [0.4, 0.5) is 0 Å². The first-order valence-electron chi connectivity index (χ1n) is 5.04. The number of H-pyrrole nitrogens is 1. The van der Waals surface area contributed by atoms with E-state index in [0.29, 0.717) is 9.39 Å². The van der Waals surface area contributed by atoms with E-state index in [2.05, 4.69) is 9.97 Å². The van der Waals surface area contributed by atoms with E-state index in [0.717, 1.165) is 16.7 Å². The molecular formula is C12H11IN2O2. The van der Waals surface area contributed by atoms with Gasteiger partial charge in [-0.1, -0.05) is 0 Å². The van der Waals surface area contributed by atoms with E-state index in [1.165, 1.54) is 6.20 Å². The molecule has 4 nitrogen and oxygen atoms in total. The van der Waals surface area contributed by atoms with E-state index >= 15 is 0 Å². The highest BCUT2D eigenvalue weighted by molar-refractivity contribution is 14.1. The molecule has 0 aliphatic carbocycles. The summed E-state index contributed by atoms with van der Waals surface area (Å²) in [5.41, 5.74) is 2.17. The number of rotatable bonds is 1. The van der Waals surface area contributed by atoms with Crippen LogP contribution in [0.2, 0.25) is 0 Å². The Kier molecular flexibility index (Phi) is 3.19. The van der Waals surface area contributed by atoms with Gasteiger partial charge in [0.05, 0.1) is 3.57 Å². The van der Waals surface area contributed by atoms with Crippen LogP contribution in [-0.4, -0.2) is 15.1 Å². The SMILES string of the molecule is Cc1cc(-c2ncc(I)c(=O)[nH]2)cc(C)c1O. The van der Waals surface area contributed by atoms with Gasteiger partial charge in [0, 0.05) is 11.8 Å². The normalized spacial score (nSPS) is 10.5. The van der Waals surface area contributed by atoms with Crippen LogP contribution in [0, 0.1) is 17.4 Å². The van der Waals surface area contributed by atoms with E-state index in [1.54, 1.807) is 12.1 Å². The molecule has 0 saturated carbocycles. The number of hydrogen-bond donors (Lipinski definition) is 2. The van der Waals surface area contributed by atoms with Crippen LogP contribution in [0.1, 0.15) is 11.1 Å². The number of halogens is 1. The third-order valence-corrected chi connectivity index (χ3v) is 3.29. The van der Waals surface area contributed by atoms with Crippen LogP contribution >= 0.6 is 22.6 Å². The zero-order valence-electron chi connectivity index (χ0n) is 9.41. The van der Waals surface area contributed by atoms with Gasteiger partial charge in [-0.3, -0.25) is 4.79 Å². The molecule has 17 heavy (non-hydrogen) atoms. The molecule has 0 atom stereocenters. The van der Waals surface area contributed by atoms with Gasteiger partial charge in [-0.2, -0.15) is 0 Å². The molecule has 0 bridgehead atoms. The first kappa shape index (κ1) is 12.1. The Morgan fingerprint density at radius 2 is 1.88 bits per heavy atom. The molecule has 0 fully saturated rings. The first-order valence-corrected chi connectivity index (χ1v) is 6.12. The van der Waals surface area contributed by atoms with Crippen molar-refractivity contribution >= 4 is 22.6 Å². The van der Waals surface area contributed by atoms with E-state index < -0.39 is 0 Å². The van der Waals surface area contributed by atoms with Gasteiger partial charge in [0.15, 0.2) is 0 Å². The Hall–Kier alpha value is -1.37. The molecule has 1 aromatic carbocycles. The lowest BCUT2D eigenvalue weighted by Crippen LogP contribution is -2.11. The highest BCUT2D eigenvalue weighted by atomic mass is 127. The molecule has 0 unspecified atom stereocenters. The fourth-order valence-electron chi connectivity index (χ4n) is 1.62. The summed E-state index contributed by atoms with van der Waals surface area (Å²) in [5.74, 6) is 0.795. The molecule has 2 rings (SSSR count). The summed E-state index contributed by atoms with van der Waals surface area (Å²) in [6, 6.07) is 3.60. The Morgan fingerprint density at radius 3 is 2.41 bits per heavy atom. The molecule has 0 radical (unpaired) electrons. The number of nitrogens with one attached hydrogen (secondary N) is 1. The number of phenolic OH excluding ortho intramolecular Hbond substituents is 1. The summed E-state index contributed by atoms with van der Waals surface area (Å²) in [7, 11) is 0. The number of nitrogens with zero attached hydrogens (tertiary/aromatic N) is 1. The van der Waals surface area contributed by atoms with Crippen molar-refractivity contribution < 1.29 is 5.11 Å². The van der Waals surface area contributed by atoms with Gasteiger partial charge in [0.25, 0.3) is 5.56 Å². The quantitative estimate of drug-likeness (QED) is 0.782. The minimum Gasteiger partial charge on any atom is -0.507 e. The second kappa shape index (κ2) is 4.48. The largest absolute Gasteiger partial charge is 0.507 e. The molecule has 2 aromatic rings. The fraction of sp³-hybridized carbons (Fsp3) is 0.167. The summed E-state index contributed by atoms with van der Waals surface area (Å²) >= 11 is 1.93. The third kappa shape index (κ3) is 2.33. The van der Waals surface area contributed by atoms with Crippen LogP contribution in [0.25, 0.3) is 11.4 Å². The molecule has 2 N–H and O–H groups in total. The summed E-state index contributed by atoms with van der Waals surface area (Å²) in [6.45, 7) is 3.63. The van der Waals surface area contributed by atoms with Crippen LogP contribution in [0.3, 0.4) is 0 Å². The molecule has 0 amide bonds.